The number of fused-ring (bicyclic) bond motifs is 1. The zero-order valence-corrected chi connectivity index (χ0v) is 17.3. The number of piperidine rings is 1. The summed E-state index contributed by atoms with van der Waals surface area (Å²) >= 11 is 0. The normalized spacial score (nSPS) is 15.7. The van der Waals surface area contributed by atoms with Gasteiger partial charge in [0.05, 0.1) is 16.0 Å². The van der Waals surface area contributed by atoms with Crippen molar-refractivity contribution in [1.29, 1.82) is 0 Å². The van der Waals surface area contributed by atoms with Crippen LogP contribution < -0.4 is 10.6 Å². The van der Waals surface area contributed by atoms with Crippen molar-refractivity contribution >= 4 is 38.8 Å². The van der Waals surface area contributed by atoms with E-state index in [1.807, 2.05) is 6.07 Å². The first-order valence-electron chi connectivity index (χ1n) is 9.13. The molecule has 0 bridgehead atoms. The highest BCUT2D eigenvalue weighted by Gasteiger charge is 2.31. The molecule has 3 N–H and O–H groups in total. The van der Waals surface area contributed by atoms with Gasteiger partial charge in [0.1, 0.15) is 0 Å². The van der Waals surface area contributed by atoms with Crippen molar-refractivity contribution in [3.8, 4) is 0 Å². The molecule has 4 rings (SSSR count). The van der Waals surface area contributed by atoms with Crippen LogP contribution in [-0.4, -0.2) is 37.7 Å². The first kappa shape index (κ1) is 22.4. The van der Waals surface area contributed by atoms with Gasteiger partial charge in [-0.2, -0.15) is 18.3 Å². The van der Waals surface area contributed by atoms with Crippen molar-refractivity contribution in [2.75, 3.05) is 18.4 Å². The highest BCUT2D eigenvalue weighted by Crippen LogP contribution is 2.32. The molecule has 11 heteroatoms. The summed E-state index contributed by atoms with van der Waals surface area (Å²) in [6.45, 7) is 1.83. The molecule has 1 aromatic heterocycles. The third-order valence-electron chi connectivity index (χ3n) is 4.99. The number of anilines is 1. The molecule has 0 unspecified atom stereocenters. The van der Waals surface area contributed by atoms with Gasteiger partial charge in [0.2, 0.25) is 9.84 Å². The van der Waals surface area contributed by atoms with E-state index < -0.39 is 21.6 Å². The van der Waals surface area contributed by atoms with Crippen molar-refractivity contribution in [2.24, 2.45) is 0 Å². The molecule has 6 nitrogen and oxygen atoms in total. The molecule has 0 radical (unpaired) electrons. The van der Waals surface area contributed by atoms with Crippen LogP contribution in [0.4, 0.5) is 18.9 Å². The fourth-order valence-corrected chi connectivity index (χ4v) is 4.77. The Kier molecular flexibility index (Phi) is 6.30. The number of H-pyrrole nitrogens is 1. The Labute approximate surface area is 177 Å². The van der Waals surface area contributed by atoms with Crippen LogP contribution in [0, 0.1) is 0 Å². The minimum absolute atomic E-state index is 0. The number of sulfone groups is 1. The number of benzene rings is 2. The first-order valence-corrected chi connectivity index (χ1v) is 10.6. The molecule has 1 saturated heterocycles. The summed E-state index contributed by atoms with van der Waals surface area (Å²) < 4.78 is 64.3. The lowest BCUT2D eigenvalue weighted by atomic mass is 10.1. The Bertz CT molecular complexity index is 1120. The molecule has 1 aliphatic heterocycles. The summed E-state index contributed by atoms with van der Waals surface area (Å²) in [5.41, 5.74) is 0.334. The molecule has 0 atom stereocenters. The zero-order chi connectivity index (χ0) is 20.6. The number of alkyl halides is 3. The third-order valence-corrected chi connectivity index (χ3v) is 6.73. The van der Waals surface area contributed by atoms with E-state index in [2.05, 4.69) is 20.8 Å². The Morgan fingerprint density at radius 1 is 1.03 bits per heavy atom. The summed E-state index contributed by atoms with van der Waals surface area (Å²) in [6, 6.07) is 8.98. The van der Waals surface area contributed by atoms with E-state index in [1.54, 1.807) is 12.1 Å². The molecule has 2 heterocycles. The summed E-state index contributed by atoms with van der Waals surface area (Å²) in [4.78, 5) is -0.229. The number of nitrogens with one attached hydrogen (secondary N) is 3. The second-order valence-corrected chi connectivity index (χ2v) is 8.87. The Hall–Kier alpha value is -2.30. The fourth-order valence-electron chi connectivity index (χ4n) is 3.42. The van der Waals surface area contributed by atoms with Gasteiger partial charge >= 0.3 is 6.18 Å². The standard InChI is InChI=1S/C19H19F3N4O2S.ClH/c20-19(21,22)12-1-4-15(5-2-12)29(27,28)18-16-11-14(3-6-17(16)25-26-18)24-13-7-9-23-10-8-13;/h1-6,11,13,23-24H,7-10H2,(H,25,26);1H. The van der Waals surface area contributed by atoms with Crippen LogP contribution in [0.3, 0.4) is 0 Å². The number of aromatic amines is 1. The number of nitrogens with zero attached hydrogens (tertiary/aromatic N) is 1. The van der Waals surface area contributed by atoms with E-state index in [4.69, 9.17) is 0 Å². The molecular formula is C19H20ClF3N4O2S. The monoisotopic (exact) mass is 460 g/mol. The van der Waals surface area contributed by atoms with Gasteiger partial charge in [-0.25, -0.2) is 8.42 Å². The number of hydrogen-bond donors (Lipinski definition) is 3. The van der Waals surface area contributed by atoms with Crippen molar-refractivity contribution in [3.63, 3.8) is 0 Å². The summed E-state index contributed by atoms with van der Waals surface area (Å²) in [6.07, 6.45) is -2.61. The maximum absolute atomic E-state index is 13.0. The predicted molar refractivity (Wildman–Crippen MR) is 110 cm³/mol. The van der Waals surface area contributed by atoms with E-state index in [-0.39, 0.29) is 28.4 Å². The Balaban J connectivity index is 0.00000256. The molecule has 2 aromatic carbocycles. The van der Waals surface area contributed by atoms with Crippen molar-refractivity contribution in [1.82, 2.24) is 15.5 Å². The van der Waals surface area contributed by atoms with Gasteiger partial charge in [0.25, 0.3) is 0 Å². The van der Waals surface area contributed by atoms with Crippen LogP contribution in [-0.2, 0) is 16.0 Å². The van der Waals surface area contributed by atoms with E-state index in [0.29, 0.717) is 10.9 Å². The van der Waals surface area contributed by atoms with E-state index in [9.17, 15) is 21.6 Å². The maximum atomic E-state index is 13.0. The topological polar surface area (TPSA) is 86.9 Å². The highest BCUT2D eigenvalue weighted by molar-refractivity contribution is 7.91. The fraction of sp³-hybridized carbons (Fsp3) is 0.316. The summed E-state index contributed by atoms with van der Waals surface area (Å²) in [5, 5.41) is 13.5. The van der Waals surface area contributed by atoms with Gasteiger partial charge < -0.3 is 10.6 Å². The van der Waals surface area contributed by atoms with Gasteiger partial charge in [0.15, 0.2) is 5.03 Å². The van der Waals surface area contributed by atoms with E-state index >= 15 is 0 Å². The average Bonchev–Trinajstić information content (AvgIpc) is 3.12. The molecule has 1 aliphatic rings. The van der Waals surface area contributed by atoms with Crippen LogP contribution >= 0.6 is 12.4 Å². The lowest BCUT2D eigenvalue weighted by Crippen LogP contribution is -2.35. The van der Waals surface area contributed by atoms with Gasteiger partial charge in [0, 0.05) is 17.1 Å². The average molecular weight is 461 g/mol. The van der Waals surface area contributed by atoms with Crippen molar-refractivity contribution < 1.29 is 21.6 Å². The lowest BCUT2D eigenvalue weighted by Gasteiger charge is -2.24. The largest absolute Gasteiger partial charge is 0.416 e. The minimum atomic E-state index is -4.53. The molecule has 1 fully saturated rings. The van der Waals surface area contributed by atoms with Crippen LogP contribution in [0.15, 0.2) is 52.4 Å². The second-order valence-electron chi connectivity index (χ2n) is 6.98. The smallest absolute Gasteiger partial charge is 0.382 e. The molecular weight excluding hydrogens is 441 g/mol. The number of halogens is 4. The van der Waals surface area contributed by atoms with Gasteiger partial charge in [-0.3, -0.25) is 5.10 Å². The Morgan fingerprint density at radius 3 is 2.33 bits per heavy atom. The van der Waals surface area contributed by atoms with Crippen LogP contribution in [0.1, 0.15) is 18.4 Å². The molecule has 0 amide bonds. The SMILES string of the molecule is Cl.O=S(=O)(c1ccc(C(F)(F)F)cc1)c1[nH]nc2ccc(NC3CCNCC3)cc12. The quantitative estimate of drug-likeness (QED) is 0.548. The van der Waals surface area contributed by atoms with Crippen LogP contribution in [0.2, 0.25) is 0 Å². The minimum Gasteiger partial charge on any atom is -0.382 e. The molecule has 0 aliphatic carbocycles. The van der Waals surface area contributed by atoms with Gasteiger partial charge in [-0.05, 0) is 68.4 Å². The number of aromatic nitrogens is 2. The third kappa shape index (κ3) is 4.40. The molecule has 0 saturated carbocycles. The summed E-state index contributed by atoms with van der Waals surface area (Å²) in [5.74, 6) is 0. The maximum Gasteiger partial charge on any atom is 0.416 e. The molecule has 0 spiro atoms. The van der Waals surface area contributed by atoms with Gasteiger partial charge in [-0.1, -0.05) is 0 Å². The highest BCUT2D eigenvalue weighted by atomic mass is 35.5. The lowest BCUT2D eigenvalue weighted by molar-refractivity contribution is -0.137. The van der Waals surface area contributed by atoms with E-state index in [1.165, 1.54) is 0 Å². The number of rotatable bonds is 4. The van der Waals surface area contributed by atoms with Gasteiger partial charge in [-0.15, -0.1) is 12.4 Å². The molecule has 3 aromatic rings. The van der Waals surface area contributed by atoms with E-state index in [0.717, 1.165) is 55.9 Å². The van der Waals surface area contributed by atoms with Crippen molar-refractivity contribution in [2.45, 2.75) is 35.0 Å². The zero-order valence-electron chi connectivity index (χ0n) is 15.7. The first-order chi connectivity index (χ1) is 13.7. The second kappa shape index (κ2) is 8.44. The summed E-state index contributed by atoms with van der Waals surface area (Å²) in [7, 11) is -4.06. The van der Waals surface area contributed by atoms with Crippen LogP contribution in [0.5, 0.6) is 0 Å². The number of hydrogen-bond acceptors (Lipinski definition) is 5. The van der Waals surface area contributed by atoms with Crippen molar-refractivity contribution in [3.05, 3.63) is 48.0 Å². The molecule has 162 valence electrons. The Morgan fingerprint density at radius 2 is 1.70 bits per heavy atom. The molecule has 30 heavy (non-hydrogen) atoms. The predicted octanol–water partition coefficient (Wildman–Crippen LogP) is 4.00. The van der Waals surface area contributed by atoms with Crippen LogP contribution in [0.25, 0.3) is 10.9 Å².